The van der Waals surface area contributed by atoms with Gasteiger partial charge < -0.3 is 14.2 Å². The van der Waals surface area contributed by atoms with Gasteiger partial charge in [0.05, 0.1) is 17.8 Å². The molecule has 0 N–H and O–H groups in total. The summed E-state index contributed by atoms with van der Waals surface area (Å²) in [4.78, 5) is 15.0. The lowest BCUT2D eigenvalue weighted by atomic mass is 9.95. The van der Waals surface area contributed by atoms with Crippen molar-refractivity contribution in [3.8, 4) is 0 Å². The van der Waals surface area contributed by atoms with E-state index in [4.69, 9.17) is 4.74 Å². The van der Waals surface area contributed by atoms with Crippen molar-refractivity contribution in [2.45, 2.75) is 71.4 Å². The first-order valence-electron chi connectivity index (χ1n) is 9.01. The minimum absolute atomic E-state index is 0.163. The maximum absolute atomic E-state index is 13.0. The highest BCUT2D eigenvalue weighted by Gasteiger charge is 2.32. The van der Waals surface area contributed by atoms with E-state index in [9.17, 15) is 4.79 Å². The molecule has 1 aliphatic carbocycles. The molecule has 0 bridgehead atoms. The standard InChI is InChI=1S/C19H30N2O2/c1-14-12-17(15(2)21(14)16-8-6-5-7-9-16)18(22)20-10-11-23-19(3,4)13-20/h12,16H,5-11,13H2,1-4H3. The number of rotatable bonds is 2. The Balaban J connectivity index is 1.84. The second-order valence-corrected chi connectivity index (χ2v) is 7.78. The van der Waals surface area contributed by atoms with E-state index in [1.54, 1.807) is 0 Å². The molecule has 128 valence electrons. The lowest BCUT2D eigenvalue weighted by Gasteiger charge is -2.38. The van der Waals surface area contributed by atoms with Crippen LogP contribution in [0, 0.1) is 13.8 Å². The largest absolute Gasteiger partial charge is 0.372 e. The van der Waals surface area contributed by atoms with E-state index in [0.717, 1.165) is 11.3 Å². The zero-order chi connectivity index (χ0) is 16.6. The highest BCUT2D eigenvalue weighted by atomic mass is 16.5. The summed E-state index contributed by atoms with van der Waals surface area (Å²) >= 11 is 0. The summed E-state index contributed by atoms with van der Waals surface area (Å²) in [6.45, 7) is 10.3. The Kier molecular flexibility index (Phi) is 4.54. The van der Waals surface area contributed by atoms with Crippen molar-refractivity contribution in [1.82, 2.24) is 9.47 Å². The summed E-state index contributed by atoms with van der Waals surface area (Å²) in [6.07, 6.45) is 6.46. The van der Waals surface area contributed by atoms with Crippen LogP contribution in [0.2, 0.25) is 0 Å². The average Bonchev–Trinajstić information content (AvgIpc) is 2.81. The van der Waals surface area contributed by atoms with E-state index in [1.165, 1.54) is 37.8 Å². The minimum atomic E-state index is -0.247. The highest BCUT2D eigenvalue weighted by Crippen LogP contribution is 2.32. The molecule has 2 heterocycles. The number of hydrogen-bond acceptors (Lipinski definition) is 2. The summed E-state index contributed by atoms with van der Waals surface area (Å²) in [5.74, 6) is 0.163. The second-order valence-electron chi connectivity index (χ2n) is 7.78. The molecule has 2 fully saturated rings. The molecule has 0 atom stereocenters. The number of aromatic nitrogens is 1. The molecular weight excluding hydrogens is 288 g/mol. The van der Waals surface area contributed by atoms with Gasteiger partial charge in [0.1, 0.15) is 0 Å². The Morgan fingerprint density at radius 1 is 1.22 bits per heavy atom. The Labute approximate surface area is 139 Å². The van der Waals surface area contributed by atoms with Crippen molar-refractivity contribution in [3.63, 3.8) is 0 Å². The van der Waals surface area contributed by atoms with Crippen LogP contribution in [0.25, 0.3) is 0 Å². The molecule has 1 aromatic rings. The molecule has 2 aliphatic rings. The first-order chi connectivity index (χ1) is 10.9. The molecule has 1 amide bonds. The SMILES string of the molecule is Cc1cc(C(=O)N2CCOC(C)(C)C2)c(C)n1C1CCCCC1. The molecule has 4 nitrogen and oxygen atoms in total. The van der Waals surface area contributed by atoms with Crippen molar-refractivity contribution >= 4 is 5.91 Å². The van der Waals surface area contributed by atoms with Gasteiger partial charge in [-0.15, -0.1) is 0 Å². The van der Waals surface area contributed by atoms with Crippen LogP contribution in [0.4, 0.5) is 0 Å². The van der Waals surface area contributed by atoms with Gasteiger partial charge in [-0.2, -0.15) is 0 Å². The summed E-state index contributed by atoms with van der Waals surface area (Å²) in [7, 11) is 0. The predicted octanol–water partition coefficient (Wildman–Crippen LogP) is 3.86. The maximum atomic E-state index is 13.0. The Morgan fingerprint density at radius 3 is 2.57 bits per heavy atom. The number of amides is 1. The quantitative estimate of drug-likeness (QED) is 0.830. The van der Waals surface area contributed by atoms with Crippen LogP contribution in [0.1, 0.15) is 73.7 Å². The second kappa shape index (κ2) is 6.31. The summed E-state index contributed by atoms with van der Waals surface area (Å²) in [5, 5.41) is 0. The van der Waals surface area contributed by atoms with E-state index in [1.807, 2.05) is 4.90 Å². The number of ether oxygens (including phenoxy) is 1. The van der Waals surface area contributed by atoms with Crippen molar-refractivity contribution in [3.05, 3.63) is 23.0 Å². The molecule has 0 aromatic carbocycles. The fourth-order valence-corrected chi connectivity index (χ4v) is 4.25. The van der Waals surface area contributed by atoms with Gasteiger partial charge in [-0.1, -0.05) is 19.3 Å². The number of aryl methyl sites for hydroxylation is 1. The predicted molar refractivity (Wildman–Crippen MR) is 92.0 cm³/mol. The van der Waals surface area contributed by atoms with Gasteiger partial charge in [-0.3, -0.25) is 4.79 Å². The van der Waals surface area contributed by atoms with Crippen LogP contribution < -0.4 is 0 Å². The van der Waals surface area contributed by atoms with Gasteiger partial charge in [-0.05, 0) is 46.6 Å². The molecule has 4 heteroatoms. The average molecular weight is 318 g/mol. The van der Waals surface area contributed by atoms with Crippen LogP contribution in [-0.2, 0) is 4.74 Å². The van der Waals surface area contributed by atoms with E-state index in [-0.39, 0.29) is 11.5 Å². The number of hydrogen-bond donors (Lipinski definition) is 0. The van der Waals surface area contributed by atoms with E-state index in [0.29, 0.717) is 25.7 Å². The molecule has 1 aliphatic heterocycles. The van der Waals surface area contributed by atoms with Gasteiger partial charge in [0, 0.05) is 30.5 Å². The van der Waals surface area contributed by atoms with Gasteiger partial charge >= 0.3 is 0 Å². The van der Waals surface area contributed by atoms with Crippen molar-refractivity contribution in [1.29, 1.82) is 0 Å². The lowest BCUT2D eigenvalue weighted by molar-refractivity contribution is -0.0764. The highest BCUT2D eigenvalue weighted by molar-refractivity contribution is 5.95. The van der Waals surface area contributed by atoms with Crippen LogP contribution in [0.3, 0.4) is 0 Å². The number of carbonyl (C=O) groups is 1. The van der Waals surface area contributed by atoms with Crippen LogP contribution in [0.15, 0.2) is 6.07 Å². The van der Waals surface area contributed by atoms with Crippen LogP contribution >= 0.6 is 0 Å². The van der Waals surface area contributed by atoms with Crippen molar-refractivity contribution in [2.24, 2.45) is 0 Å². The molecule has 0 spiro atoms. The zero-order valence-electron chi connectivity index (χ0n) is 15.0. The Bertz CT molecular complexity index is 582. The van der Waals surface area contributed by atoms with Crippen molar-refractivity contribution < 1.29 is 9.53 Å². The van der Waals surface area contributed by atoms with Gasteiger partial charge in [0.25, 0.3) is 5.91 Å². The Hall–Kier alpha value is -1.29. The lowest BCUT2D eigenvalue weighted by Crippen LogP contribution is -2.50. The monoisotopic (exact) mass is 318 g/mol. The van der Waals surface area contributed by atoms with E-state index >= 15 is 0 Å². The number of carbonyl (C=O) groups excluding carboxylic acids is 1. The molecule has 1 aromatic heterocycles. The topological polar surface area (TPSA) is 34.5 Å². The molecule has 3 rings (SSSR count). The zero-order valence-corrected chi connectivity index (χ0v) is 15.0. The fourth-order valence-electron chi connectivity index (χ4n) is 4.25. The van der Waals surface area contributed by atoms with Gasteiger partial charge in [0.15, 0.2) is 0 Å². The summed E-state index contributed by atoms with van der Waals surface area (Å²) in [5.41, 5.74) is 3.00. The Morgan fingerprint density at radius 2 is 1.91 bits per heavy atom. The number of nitrogens with zero attached hydrogens (tertiary/aromatic N) is 2. The molecule has 1 saturated heterocycles. The third kappa shape index (κ3) is 3.32. The van der Waals surface area contributed by atoms with Crippen LogP contribution in [0.5, 0.6) is 0 Å². The maximum Gasteiger partial charge on any atom is 0.255 e. The van der Waals surface area contributed by atoms with Crippen molar-refractivity contribution in [2.75, 3.05) is 19.7 Å². The molecule has 0 unspecified atom stereocenters. The fraction of sp³-hybridized carbons (Fsp3) is 0.737. The third-order valence-electron chi connectivity index (χ3n) is 5.37. The molecule has 23 heavy (non-hydrogen) atoms. The van der Waals surface area contributed by atoms with E-state index < -0.39 is 0 Å². The minimum Gasteiger partial charge on any atom is -0.372 e. The van der Waals surface area contributed by atoms with E-state index in [2.05, 4.69) is 38.3 Å². The summed E-state index contributed by atoms with van der Waals surface area (Å²) in [6, 6.07) is 2.67. The molecular formula is C19H30N2O2. The summed E-state index contributed by atoms with van der Waals surface area (Å²) < 4.78 is 8.15. The number of morpholine rings is 1. The third-order valence-corrected chi connectivity index (χ3v) is 5.37. The molecule has 1 saturated carbocycles. The molecule has 0 radical (unpaired) electrons. The smallest absolute Gasteiger partial charge is 0.255 e. The van der Waals surface area contributed by atoms with Gasteiger partial charge in [0.2, 0.25) is 0 Å². The first-order valence-corrected chi connectivity index (χ1v) is 9.01. The van der Waals surface area contributed by atoms with Gasteiger partial charge in [-0.25, -0.2) is 0 Å². The normalized spacial score (nSPS) is 22.3. The first kappa shape index (κ1) is 16.6. The van der Waals surface area contributed by atoms with Crippen LogP contribution in [-0.4, -0.2) is 40.7 Å².